The second-order valence-corrected chi connectivity index (χ2v) is 6.55. The normalized spacial score (nSPS) is 11.6. The molecule has 0 saturated heterocycles. The molecule has 2 amide bonds. The zero-order chi connectivity index (χ0) is 18.2. The molecule has 0 bridgehead atoms. The lowest BCUT2D eigenvalue weighted by Crippen LogP contribution is -2.41. The molecule has 132 valence electrons. The average molecular weight is 338 g/mol. The molecule has 25 heavy (non-hydrogen) atoms. The zero-order valence-corrected chi connectivity index (χ0v) is 15.1. The van der Waals surface area contributed by atoms with E-state index in [1.165, 1.54) is 5.56 Å². The van der Waals surface area contributed by atoms with Crippen molar-refractivity contribution in [1.29, 1.82) is 0 Å². The Balaban J connectivity index is 1.75. The summed E-state index contributed by atoms with van der Waals surface area (Å²) >= 11 is 0. The topological polar surface area (TPSA) is 58.2 Å². The molecule has 0 fully saturated rings. The summed E-state index contributed by atoms with van der Waals surface area (Å²) in [6.07, 6.45) is 1.78. The Morgan fingerprint density at radius 3 is 2.28 bits per heavy atom. The van der Waals surface area contributed by atoms with Crippen molar-refractivity contribution < 1.29 is 9.59 Å². The Hall–Kier alpha value is -2.62. The molecule has 0 aliphatic heterocycles. The molecule has 2 aromatic rings. The maximum Gasteiger partial charge on any atom is 0.251 e. The van der Waals surface area contributed by atoms with E-state index in [0.717, 1.165) is 24.0 Å². The first-order valence-electron chi connectivity index (χ1n) is 8.64. The van der Waals surface area contributed by atoms with E-state index in [4.69, 9.17) is 0 Å². The lowest BCUT2D eigenvalue weighted by molar-refractivity contribution is -0.120. The van der Waals surface area contributed by atoms with Gasteiger partial charge in [-0.25, -0.2) is 0 Å². The molecule has 4 heteroatoms. The molecule has 2 aromatic carbocycles. The molecule has 0 saturated carbocycles. The third-order valence-electron chi connectivity index (χ3n) is 4.01. The van der Waals surface area contributed by atoms with Gasteiger partial charge in [0.05, 0.1) is 6.54 Å². The van der Waals surface area contributed by atoms with Crippen molar-refractivity contribution >= 4 is 11.8 Å². The van der Waals surface area contributed by atoms with Crippen LogP contribution in [-0.2, 0) is 11.2 Å². The molecule has 0 aliphatic carbocycles. The number of hydrogen-bond acceptors (Lipinski definition) is 2. The van der Waals surface area contributed by atoms with Gasteiger partial charge in [0.2, 0.25) is 5.91 Å². The lowest BCUT2D eigenvalue weighted by Gasteiger charge is -2.14. The Labute approximate surface area is 149 Å². The van der Waals surface area contributed by atoms with E-state index in [-0.39, 0.29) is 24.4 Å². The summed E-state index contributed by atoms with van der Waals surface area (Å²) in [6.45, 7) is 5.86. The molecule has 0 radical (unpaired) electrons. The minimum Gasteiger partial charge on any atom is -0.352 e. The zero-order valence-electron chi connectivity index (χ0n) is 15.1. The molecule has 0 heterocycles. The van der Waals surface area contributed by atoms with E-state index in [1.807, 2.05) is 57.2 Å². The van der Waals surface area contributed by atoms with Crippen LogP contribution in [0, 0.1) is 13.8 Å². The van der Waals surface area contributed by atoms with Crippen LogP contribution in [0.3, 0.4) is 0 Å². The number of carbonyl (C=O) groups excluding carboxylic acids is 2. The first-order chi connectivity index (χ1) is 11.9. The summed E-state index contributed by atoms with van der Waals surface area (Å²) in [6, 6.07) is 15.9. The van der Waals surface area contributed by atoms with Crippen LogP contribution < -0.4 is 10.6 Å². The molecule has 2 rings (SSSR count). The molecule has 0 aliphatic rings. The maximum absolute atomic E-state index is 12.2. The van der Waals surface area contributed by atoms with Crippen molar-refractivity contribution in [1.82, 2.24) is 10.6 Å². The van der Waals surface area contributed by atoms with Gasteiger partial charge in [-0.05, 0) is 51.3 Å². The molecule has 1 atom stereocenters. The van der Waals surface area contributed by atoms with Crippen molar-refractivity contribution in [3.05, 3.63) is 70.8 Å². The summed E-state index contributed by atoms with van der Waals surface area (Å²) in [7, 11) is 0. The number of rotatable bonds is 7. The fourth-order valence-electron chi connectivity index (χ4n) is 2.79. The van der Waals surface area contributed by atoms with E-state index in [0.29, 0.717) is 5.56 Å². The van der Waals surface area contributed by atoms with Crippen LogP contribution in [0.1, 0.15) is 40.4 Å². The van der Waals surface area contributed by atoms with Crippen LogP contribution in [0.4, 0.5) is 0 Å². The highest BCUT2D eigenvalue weighted by atomic mass is 16.2. The quantitative estimate of drug-likeness (QED) is 0.815. The van der Waals surface area contributed by atoms with Crippen LogP contribution in [0.5, 0.6) is 0 Å². The number of aryl methyl sites for hydroxylation is 3. The van der Waals surface area contributed by atoms with Gasteiger partial charge in [0.1, 0.15) is 0 Å². The van der Waals surface area contributed by atoms with Crippen LogP contribution >= 0.6 is 0 Å². The summed E-state index contributed by atoms with van der Waals surface area (Å²) in [5.41, 5.74) is 3.91. The third-order valence-corrected chi connectivity index (χ3v) is 4.01. The first-order valence-corrected chi connectivity index (χ1v) is 8.64. The van der Waals surface area contributed by atoms with E-state index >= 15 is 0 Å². The fraction of sp³-hybridized carbons (Fsp3) is 0.333. The lowest BCUT2D eigenvalue weighted by atomic mass is 10.1. The van der Waals surface area contributed by atoms with Crippen molar-refractivity contribution in [2.24, 2.45) is 0 Å². The Kier molecular flexibility index (Phi) is 6.75. The van der Waals surface area contributed by atoms with Gasteiger partial charge >= 0.3 is 0 Å². The summed E-state index contributed by atoms with van der Waals surface area (Å²) in [5, 5.41) is 5.61. The Morgan fingerprint density at radius 2 is 1.64 bits per heavy atom. The highest BCUT2D eigenvalue weighted by Crippen LogP contribution is 2.08. The van der Waals surface area contributed by atoms with Gasteiger partial charge in [0.25, 0.3) is 5.91 Å². The van der Waals surface area contributed by atoms with Crippen molar-refractivity contribution in [2.75, 3.05) is 6.54 Å². The Morgan fingerprint density at radius 1 is 1.00 bits per heavy atom. The highest BCUT2D eigenvalue weighted by molar-refractivity contribution is 5.96. The molecule has 2 N–H and O–H groups in total. The van der Waals surface area contributed by atoms with Crippen molar-refractivity contribution in [2.45, 2.75) is 39.7 Å². The standard InChI is InChI=1S/C21H26N2O2/c1-15-11-16(2)13-19(12-15)21(25)22-14-20(24)23-17(3)9-10-18-7-5-4-6-8-18/h4-8,11-13,17H,9-10,14H2,1-3H3,(H,22,25)(H,23,24). The van der Waals surface area contributed by atoms with Gasteiger partial charge in [-0.1, -0.05) is 47.5 Å². The van der Waals surface area contributed by atoms with E-state index < -0.39 is 0 Å². The number of hydrogen-bond donors (Lipinski definition) is 2. The van der Waals surface area contributed by atoms with E-state index in [9.17, 15) is 9.59 Å². The van der Waals surface area contributed by atoms with Gasteiger partial charge in [0.15, 0.2) is 0 Å². The number of amides is 2. The second kappa shape index (κ2) is 9.02. The van der Waals surface area contributed by atoms with Gasteiger partial charge < -0.3 is 10.6 Å². The van der Waals surface area contributed by atoms with Gasteiger partial charge in [-0.3, -0.25) is 9.59 Å². The van der Waals surface area contributed by atoms with Gasteiger partial charge in [-0.15, -0.1) is 0 Å². The molecule has 0 aromatic heterocycles. The predicted molar refractivity (Wildman–Crippen MR) is 101 cm³/mol. The van der Waals surface area contributed by atoms with Crippen LogP contribution in [0.15, 0.2) is 48.5 Å². The van der Waals surface area contributed by atoms with E-state index in [2.05, 4.69) is 22.8 Å². The highest BCUT2D eigenvalue weighted by Gasteiger charge is 2.11. The summed E-state index contributed by atoms with van der Waals surface area (Å²) in [4.78, 5) is 24.2. The predicted octanol–water partition coefficient (Wildman–Crippen LogP) is 3.17. The number of nitrogens with one attached hydrogen (secondary N) is 2. The SMILES string of the molecule is Cc1cc(C)cc(C(=O)NCC(=O)NC(C)CCc2ccccc2)c1. The maximum atomic E-state index is 12.2. The minimum absolute atomic E-state index is 0.0124. The number of carbonyl (C=O) groups is 2. The van der Waals surface area contributed by atoms with Crippen LogP contribution in [-0.4, -0.2) is 24.4 Å². The molecule has 0 spiro atoms. The molecular formula is C21H26N2O2. The smallest absolute Gasteiger partial charge is 0.251 e. The largest absolute Gasteiger partial charge is 0.352 e. The van der Waals surface area contributed by atoms with Crippen LogP contribution in [0.2, 0.25) is 0 Å². The second-order valence-electron chi connectivity index (χ2n) is 6.55. The summed E-state index contributed by atoms with van der Waals surface area (Å²) < 4.78 is 0. The first kappa shape index (κ1) is 18.7. The third kappa shape index (κ3) is 6.42. The minimum atomic E-state index is -0.223. The van der Waals surface area contributed by atoms with Crippen molar-refractivity contribution in [3.8, 4) is 0 Å². The molecule has 4 nitrogen and oxygen atoms in total. The Bertz CT molecular complexity index is 706. The molecular weight excluding hydrogens is 312 g/mol. The van der Waals surface area contributed by atoms with Crippen molar-refractivity contribution in [3.63, 3.8) is 0 Å². The van der Waals surface area contributed by atoms with Gasteiger partial charge in [0, 0.05) is 11.6 Å². The van der Waals surface area contributed by atoms with E-state index in [1.54, 1.807) is 0 Å². The monoisotopic (exact) mass is 338 g/mol. The average Bonchev–Trinajstić information content (AvgIpc) is 2.58. The van der Waals surface area contributed by atoms with Gasteiger partial charge in [-0.2, -0.15) is 0 Å². The fourth-order valence-corrected chi connectivity index (χ4v) is 2.79. The van der Waals surface area contributed by atoms with Crippen LogP contribution in [0.25, 0.3) is 0 Å². The summed E-state index contributed by atoms with van der Waals surface area (Å²) in [5.74, 6) is -0.392. The molecule has 1 unspecified atom stereocenters. The number of benzene rings is 2.